The molecule has 0 atom stereocenters. The van der Waals surface area contributed by atoms with Crippen LogP contribution in [-0.4, -0.2) is 13.4 Å². The quantitative estimate of drug-likeness (QED) is 0.572. The number of pyridine rings is 1. The van der Waals surface area contributed by atoms with E-state index in [0.717, 1.165) is 10.9 Å². The van der Waals surface area contributed by atoms with E-state index in [1.54, 1.807) is 30.3 Å². The number of benzene rings is 2. The first-order valence-electron chi connectivity index (χ1n) is 7.43. The van der Waals surface area contributed by atoms with E-state index in [4.69, 9.17) is 4.42 Å². The molecule has 4 rings (SSSR count). The summed E-state index contributed by atoms with van der Waals surface area (Å²) in [6.45, 7) is 0. The Morgan fingerprint density at radius 2 is 1.76 bits per heavy atom. The second-order valence-electron chi connectivity index (χ2n) is 5.48. The molecule has 124 valence electrons. The Kier molecular flexibility index (Phi) is 3.51. The Morgan fingerprint density at radius 1 is 0.920 bits per heavy atom. The summed E-state index contributed by atoms with van der Waals surface area (Å²) in [5.74, 6) is 0. The second kappa shape index (κ2) is 5.71. The van der Waals surface area contributed by atoms with Gasteiger partial charge in [0.05, 0.1) is 5.52 Å². The van der Waals surface area contributed by atoms with Crippen LogP contribution in [-0.2, 0) is 10.0 Å². The highest BCUT2D eigenvalue weighted by molar-refractivity contribution is 7.92. The molecule has 0 spiro atoms. The number of hydrogen-bond donors (Lipinski definition) is 1. The molecule has 7 heteroatoms. The molecule has 0 aliphatic rings. The molecule has 6 nitrogen and oxygen atoms in total. The minimum Gasteiger partial charge on any atom is -0.423 e. The van der Waals surface area contributed by atoms with Crippen LogP contribution in [0, 0.1) is 0 Å². The van der Waals surface area contributed by atoms with E-state index in [1.165, 1.54) is 18.3 Å². The molecule has 2 heterocycles. The summed E-state index contributed by atoms with van der Waals surface area (Å²) in [6.07, 6.45) is 1.32. The van der Waals surface area contributed by atoms with Crippen molar-refractivity contribution in [1.29, 1.82) is 0 Å². The summed E-state index contributed by atoms with van der Waals surface area (Å²) in [7, 11) is -3.79. The fourth-order valence-corrected chi connectivity index (χ4v) is 3.58. The van der Waals surface area contributed by atoms with Crippen molar-refractivity contribution >= 4 is 37.6 Å². The summed E-state index contributed by atoms with van der Waals surface area (Å²) in [5, 5.41) is 1.36. The van der Waals surface area contributed by atoms with Gasteiger partial charge in [-0.05, 0) is 36.4 Å². The number of nitrogens with one attached hydrogen (secondary N) is 1. The Morgan fingerprint density at radius 3 is 2.64 bits per heavy atom. The van der Waals surface area contributed by atoms with Gasteiger partial charge in [0.25, 0.3) is 10.0 Å². The number of rotatable bonds is 3. The zero-order chi connectivity index (χ0) is 17.4. The van der Waals surface area contributed by atoms with Gasteiger partial charge in [-0.25, -0.2) is 13.2 Å². The summed E-state index contributed by atoms with van der Waals surface area (Å²) in [4.78, 5) is 15.5. The summed E-state index contributed by atoms with van der Waals surface area (Å²) < 4.78 is 32.8. The molecule has 0 fully saturated rings. The Bertz CT molecular complexity index is 1260. The molecule has 2 aromatic heterocycles. The maximum absolute atomic E-state index is 12.6. The molecule has 0 amide bonds. The van der Waals surface area contributed by atoms with Gasteiger partial charge in [-0.2, -0.15) is 0 Å². The first-order chi connectivity index (χ1) is 12.0. The predicted octanol–water partition coefficient (Wildman–Crippen LogP) is 3.14. The first kappa shape index (κ1) is 15.3. The summed E-state index contributed by atoms with van der Waals surface area (Å²) in [6, 6.07) is 16.4. The van der Waals surface area contributed by atoms with E-state index >= 15 is 0 Å². The Balaban J connectivity index is 1.72. The van der Waals surface area contributed by atoms with Crippen molar-refractivity contribution in [2.75, 3.05) is 4.72 Å². The number of sulfonamides is 1. The smallest absolute Gasteiger partial charge is 0.336 e. The van der Waals surface area contributed by atoms with Gasteiger partial charge in [0.15, 0.2) is 0 Å². The van der Waals surface area contributed by atoms with Crippen molar-refractivity contribution in [3.63, 3.8) is 0 Å². The third-order valence-electron chi connectivity index (χ3n) is 3.75. The highest BCUT2D eigenvalue weighted by Crippen LogP contribution is 2.22. The lowest BCUT2D eigenvalue weighted by atomic mass is 10.2. The fraction of sp³-hybridized carbons (Fsp3) is 0. The predicted molar refractivity (Wildman–Crippen MR) is 95.0 cm³/mol. The van der Waals surface area contributed by atoms with Gasteiger partial charge in [0.2, 0.25) is 0 Å². The molecule has 0 unspecified atom stereocenters. The monoisotopic (exact) mass is 352 g/mol. The van der Waals surface area contributed by atoms with Crippen LogP contribution in [0.15, 0.2) is 81.0 Å². The average molecular weight is 352 g/mol. The lowest BCUT2D eigenvalue weighted by Crippen LogP contribution is -2.13. The van der Waals surface area contributed by atoms with Crippen molar-refractivity contribution < 1.29 is 12.8 Å². The molecule has 0 aliphatic heterocycles. The molecule has 4 aromatic rings. The first-order valence-corrected chi connectivity index (χ1v) is 8.91. The fourth-order valence-electron chi connectivity index (χ4n) is 2.55. The lowest BCUT2D eigenvalue weighted by Gasteiger charge is -2.09. The largest absolute Gasteiger partial charge is 0.423 e. The van der Waals surface area contributed by atoms with Gasteiger partial charge in [0.1, 0.15) is 10.5 Å². The van der Waals surface area contributed by atoms with E-state index in [1.807, 2.05) is 18.2 Å². The number of anilines is 1. The Labute approximate surface area is 142 Å². The van der Waals surface area contributed by atoms with Crippen LogP contribution in [0.2, 0.25) is 0 Å². The number of hydrogen-bond acceptors (Lipinski definition) is 5. The van der Waals surface area contributed by atoms with E-state index in [0.29, 0.717) is 16.7 Å². The lowest BCUT2D eigenvalue weighted by molar-refractivity contribution is 0.561. The third-order valence-corrected chi connectivity index (χ3v) is 5.10. The molecule has 0 saturated heterocycles. The van der Waals surface area contributed by atoms with Crippen molar-refractivity contribution in [2.24, 2.45) is 0 Å². The van der Waals surface area contributed by atoms with Crippen molar-refractivity contribution in [2.45, 2.75) is 4.90 Å². The van der Waals surface area contributed by atoms with Gasteiger partial charge >= 0.3 is 5.63 Å². The number of para-hydroxylation sites is 1. The molecule has 0 aliphatic carbocycles. The maximum Gasteiger partial charge on any atom is 0.336 e. The highest BCUT2D eigenvalue weighted by atomic mass is 32.2. The topological polar surface area (TPSA) is 89.3 Å². The van der Waals surface area contributed by atoms with Crippen LogP contribution in [0.1, 0.15) is 0 Å². The van der Waals surface area contributed by atoms with Crippen LogP contribution >= 0.6 is 0 Å². The average Bonchev–Trinajstić information content (AvgIpc) is 2.61. The normalized spacial score (nSPS) is 11.7. The number of nitrogens with zero attached hydrogens (tertiary/aromatic N) is 1. The standard InChI is InChI=1S/C18H12N2O4S/c21-18-8-5-13-9-14(6-7-17(13)24-18)20-25(22,23)15-10-12-3-1-2-4-16(12)19-11-15/h1-11,20H. The minimum absolute atomic E-state index is 0.0749. The molecule has 0 saturated carbocycles. The van der Waals surface area contributed by atoms with Gasteiger partial charge in [-0.1, -0.05) is 18.2 Å². The van der Waals surface area contributed by atoms with E-state index in [-0.39, 0.29) is 4.90 Å². The maximum atomic E-state index is 12.6. The van der Waals surface area contributed by atoms with E-state index in [9.17, 15) is 13.2 Å². The SMILES string of the molecule is O=c1ccc2cc(NS(=O)(=O)c3cnc4ccccc4c3)ccc2o1. The summed E-state index contributed by atoms with van der Waals surface area (Å²) >= 11 is 0. The van der Waals surface area contributed by atoms with Crippen molar-refractivity contribution in [1.82, 2.24) is 4.98 Å². The van der Waals surface area contributed by atoms with Gasteiger partial charge in [-0.15, -0.1) is 0 Å². The van der Waals surface area contributed by atoms with Gasteiger partial charge in [-0.3, -0.25) is 9.71 Å². The number of fused-ring (bicyclic) bond motifs is 2. The van der Waals surface area contributed by atoms with E-state index in [2.05, 4.69) is 9.71 Å². The van der Waals surface area contributed by atoms with Crippen LogP contribution in [0.4, 0.5) is 5.69 Å². The van der Waals surface area contributed by atoms with Crippen LogP contribution in [0.5, 0.6) is 0 Å². The number of aromatic nitrogens is 1. The minimum atomic E-state index is -3.79. The van der Waals surface area contributed by atoms with Crippen LogP contribution < -0.4 is 10.3 Å². The molecule has 0 bridgehead atoms. The zero-order valence-corrected chi connectivity index (χ0v) is 13.7. The van der Waals surface area contributed by atoms with Crippen molar-refractivity contribution in [3.05, 3.63) is 77.3 Å². The van der Waals surface area contributed by atoms with E-state index < -0.39 is 15.6 Å². The Hall–Kier alpha value is -3.19. The van der Waals surface area contributed by atoms with Crippen molar-refractivity contribution in [3.8, 4) is 0 Å². The van der Waals surface area contributed by atoms with Gasteiger partial charge < -0.3 is 4.42 Å². The third kappa shape index (κ3) is 2.97. The molecular weight excluding hydrogens is 340 g/mol. The van der Waals surface area contributed by atoms with Crippen LogP contribution in [0.3, 0.4) is 0 Å². The highest BCUT2D eigenvalue weighted by Gasteiger charge is 2.15. The zero-order valence-electron chi connectivity index (χ0n) is 12.8. The molecule has 25 heavy (non-hydrogen) atoms. The molecular formula is C18H12N2O4S. The van der Waals surface area contributed by atoms with Gasteiger partial charge in [0, 0.05) is 28.7 Å². The molecule has 1 N–H and O–H groups in total. The molecule has 2 aromatic carbocycles. The summed E-state index contributed by atoms with van der Waals surface area (Å²) in [5.41, 5.74) is 1.03. The molecule has 0 radical (unpaired) electrons. The second-order valence-corrected chi connectivity index (χ2v) is 7.16. The van der Waals surface area contributed by atoms with Crippen LogP contribution in [0.25, 0.3) is 21.9 Å².